The van der Waals surface area contributed by atoms with E-state index in [0.29, 0.717) is 29.4 Å². The van der Waals surface area contributed by atoms with Gasteiger partial charge in [0.2, 0.25) is 0 Å². The molecule has 1 aliphatic heterocycles. The molecule has 8 nitrogen and oxygen atoms in total. The number of carbonyl (C=O) groups excluding carboxylic acids is 2. The van der Waals surface area contributed by atoms with Crippen molar-refractivity contribution < 1.29 is 29.0 Å². The topological polar surface area (TPSA) is 105 Å². The molecular weight excluding hydrogens is 436 g/mol. The number of hydrazine groups is 1. The van der Waals surface area contributed by atoms with Crippen LogP contribution in [0.4, 0.5) is 5.69 Å². The average Bonchev–Trinajstić information content (AvgIpc) is 3.13. The smallest absolute Gasteiger partial charge is 0.335 e. The molecule has 4 rings (SSSR count). The van der Waals surface area contributed by atoms with Gasteiger partial charge in [0.05, 0.1) is 17.9 Å². The molecule has 1 saturated heterocycles. The van der Waals surface area contributed by atoms with E-state index < -0.39 is 17.8 Å². The summed E-state index contributed by atoms with van der Waals surface area (Å²) in [5.74, 6) is -0.974. The quantitative estimate of drug-likeness (QED) is 0.393. The van der Waals surface area contributed by atoms with E-state index in [-0.39, 0.29) is 17.7 Å². The van der Waals surface area contributed by atoms with Crippen LogP contribution in [-0.2, 0) is 16.2 Å². The maximum atomic E-state index is 12.8. The number of anilines is 1. The Morgan fingerprint density at radius 2 is 1.71 bits per heavy atom. The summed E-state index contributed by atoms with van der Waals surface area (Å²) in [4.78, 5) is 36.2. The Morgan fingerprint density at radius 3 is 2.38 bits per heavy atom. The number of para-hydroxylation sites is 1. The highest BCUT2D eigenvalue weighted by Gasteiger charge is 2.34. The summed E-state index contributed by atoms with van der Waals surface area (Å²) >= 11 is 0. The van der Waals surface area contributed by atoms with Crippen LogP contribution in [0.2, 0.25) is 0 Å². The van der Waals surface area contributed by atoms with Gasteiger partial charge in [-0.25, -0.2) is 9.80 Å². The molecule has 0 bridgehead atoms. The van der Waals surface area contributed by atoms with Crippen molar-refractivity contribution >= 4 is 29.5 Å². The molecule has 0 aromatic heterocycles. The normalized spacial score (nSPS) is 14.3. The predicted octanol–water partition coefficient (Wildman–Crippen LogP) is 3.82. The molecule has 34 heavy (non-hydrogen) atoms. The summed E-state index contributed by atoms with van der Waals surface area (Å²) in [6, 6.07) is 20.4. The molecule has 0 saturated carbocycles. The summed E-state index contributed by atoms with van der Waals surface area (Å²) in [6.07, 6.45) is 1.51. The van der Waals surface area contributed by atoms with Crippen molar-refractivity contribution in [1.29, 1.82) is 0 Å². The average molecular weight is 458 g/mol. The van der Waals surface area contributed by atoms with E-state index in [4.69, 9.17) is 14.6 Å². The second-order valence-corrected chi connectivity index (χ2v) is 7.40. The van der Waals surface area contributed by atoms with E-state index in [2.05, 4.69) is 5.43 Å². The zero-order valence-electron chi connectivity index (χ0n) is 18.4. The lowest BCUT2D eigenvalue weighted by Crippen LogP contribution is -2.35. The van der Waals surface area contributed by atoms with Crippen molar-refractivity contribution in [3.8, 4) is 11.5 Å². The molecule has 1 heterocycles. The van der Waals surface area contributed by atoms with Crippen LogP contribution in [0.5, 0.6) is 11.5 Å². The van der Waals surface area contributed by atoms with E-state index >= 15 is 0 Å². The van der Waals surface area contributed by atoms with Gasteiger partial charge in [-0.3, -0.25) is 15.0 Å². The van der Waals surface area contributed by atoms with E-state index in [1.165, 1.54) is 23.2 Å². The van der Waals surface area contributed by atoms with Gasteiger partial charge < -0.3 is 14.6 Å². The van der Waals surface area contributed by atoms with Crippen molar-refractivity contribution in [1.82, 2.24) is 5.43 Å². The van der Waals surface area contributed by atoms with Gasteiger partial charge in [-0.15, -0.1) is 0 Å². The number of nitrogens with one attached hydrogen (secondary N) is 1. The van der Waals surface area contributed by atoms with Gasteiger partial charge in [-0.05, 0) is 60.5 Å². The molecular formula is C26H22N2O6. The van der Waals surface area contributed by atoms with E-state index in [9.17, 15) is 14.4 Å². The summed E-state index contributed by atoms with van der Waals surface area (Å²) in [6.45, 7) is 2.45. The minimum absolute atomic E-state index is 0.0125. The summed E-state index contributed by atoms with van der Waals surface area (Å²) in [5, 5.41) is 10.2. The molecule has 2 amide bonds. The predicted molar refractivity (Wildman–Crippen MR) is 125 cm³/mol. The molecule has 3 aromatic carbocycles. The number of rotatable bonds is 8. The minimum Gasteiger partial charge on any atom is -0.490 e. The zero-order chi connectivity index (χ0) is 24.1. The Labute approximate surface area is 196 Å². The molecule has 1 aliphatic rings. The van der Waals surface area contributed by atoms with Gasteiger partial charge in [-0.1, -0.05) is 36.4 Å². The number of aromatic carboxylic acids is 1. The van der Waals surface area contributed by atoms with Crippen LogP contribution >= 0.6 is 0 Å². The van der Waals surface area contributed by atoms with Crippen LogP contribution in [0.3, 0.4) is 0 Å². The first-order valence-corrected chi connectivity index (χ1v) is 10.6. The first-order valence-electron chi connectivity index (χ1n) is 10.6. The lowest BCUT2D eigenvalue weighted by molar-refractivity contribution is -0.117. The largest absolute Gasteiger partial charge is 0.490 e. The zero-order valence-corrected chi connectivity index (χ0v) is 18.4. The number of benzene rings is 3. The Bertz CT molecular complexity index is 1250. The van der Waals surface area contributed by atoms with E-state index in [1.54, 1.807) is 54.6 Å². The molecule has 172 valence electrons. The van der Waals surface area contributed by atoms with Gasteiger partial charge in [0, 0.05) is 0 Å². The molecule has 3 aromatic rings. The minimum atomic E-state index is -0.989. The molecule has 1 fully saturated rings. The lowest BCUT2D eigenvalue weighted by Gasteiger charge is -2.14. The summed E-state index contributed by atoms with van der Waals surface area (Å²) in [5.41, 5.74) is 4.76. The van der Waals surface area contributed by atoms with E-state index in [1.807, 2.05) is 13.0 Å². The van der Waals surface area contributed by atoms with Crippen molar-refractivity contribution in [3.63, 3.8) is 0 Å². The third kappa shape index (κ3) is 4.91. The number of hydrogen-bond donors (Lipinski definition) is 2. The standard InChI is InChI=1S/C26H22N2O6/c1-2-33-23-15-18(10-13-22(23)34-16-17-8-11-19(12-9-17)26(31)32)14-21-24(29)27-28(25(21)30)20-6-4-3-5-7-20/h3-15H,2,16H2,1H3,(H,27,29)(H,31,32). The number of nitrogens with zero attached hydrogens (tertiary/aromatic N) is 1. The highest BCUT2D eigenvalue weighted by Crippen LogP contribution is 2.31. The van der Waals surface area contributed by atoms with Gasteiger partial charge >= 0.3 is 5.97 Å². The fraction of sp³-hybridized carbons (Fsp3) is 0.115. The first kappa shape index (κ1) is 22.6. The summed E-state index contributed by atoms with van der Waals surface area (Å²) in [7, 11) is 0. The van der Waals surface area contributed by atoms with Gasteiger partial charge in [0.1, 0.15) is 12.2 Å². The SMILES string of the molecule is CCOc1cc(C=C2C(=O)NN(c3ccccc3)C2=O)ccc1OCc1ccc(C(=O)O)cc1. The maximum Gasteiger partial charge on any atom is 0.335 e. The van der Waals surface area contributed by atoms with Gasteiger partial charge in [0.15, 0.2) is 11.5 Å². The fourth-order valence-electron chi connectivity index (χ4n) is 3.39. The first-order chi connectivity index (χ1) is 16.5. The third-order valence-electron chi connectivity index (χ3n) is 5.08. The Hall–Kier alpha value is -4.59. The van der Waals surface area contributed by atoms with Crippen LogP contribution in [0.1, 0.15) is 28.4 Å². The molecule has 0 radical (unpaired) electrons. The Balaban J connectivity index is 1.53. The lowest BCUT2D eigenvalue weighted by atomic mass is 10.1. The Morgan fingerprint density at radius 1 is 0.971 bits per heavy atom. The van der Waals surface area contributed by atoms with E-state index in [0.717, 1.165) is 5.56 Å². The number of carboxylic acid groups (broad SMARTS) is 1. The second kappa shape index (κ2) is 9.91. The van der Waals surface area contributed by atoms with Crippen molar-refractivity contribution in [3.05, 3.63) is 95.1 Å². The van der Waals surface area contributed by atoms with Crippen LogP contribution in [0, 0.1) is 0 Å². The monoisotopic (exact) mass is 458 g/mol. The molecule has 0 spiro atoms. The van der Waals surface area contributed by atoms with Crippen molar-refractivity contribution in [2.45, 2.75) is 13.5 Å². The highest BCUT2D eigenvalue weighted by molar-refractivity contribution is 6.31. The molecule has 0 unspecified atom stereocenters. The fourth-order valence-corrected chi connectivity index (χ4v) is 3.39. The van der Waals surface area contributed by atoms with Crippen molar-refractivity contribution in [2.75, 3.05) is 11.6 Å². The van der Waals surface area contributed by atoms with Crippen LogP contribution in [0.25, 0.3) is 6.08 Å². The molecule has 0 atom stereocenters. The second-order valence-electron chi connectivity index (χ2n) is 7.40. The van der Waals surface area contributed by atoms with Crippen LogP contribution in [0.15, 0.2) is 78.4 Å². The summed E-state index contributed by atoms with van der Waals surface area (Å²) < 4.78 is 11.6. The molecule has 2 N–H and O–H groups in total. The van der Waals surface area contributed by atoms with Crippen LogP contribution < -0.4 is 19.9 Å². The number of hydrogen-bond acceptors (Lipinski definition) is 5. The van der Waals surface area contributed by atoms with Gasteiger partial charge in [0.25, 0.3) is 11.8 Å². The number of carboxylic acids is 1. The number of amides is 2. The third-order valence-corrected chi connectivity index (χ3v) is 5.08. The molecule has 0 aliphatic carbocycles. The Kier molecular flexibility index (Phi) is 6.59. The number of carbonyl (C=O) groups is 3. The molecule has 8 heteroatoms. The number of ether oxygens (including phenoxy) is 2. The van der Waals surface area contributed by atoms with Crippen molar-refractivity contribution in [2.24, 2.45) is 0 Å². The highest BCUT2D eigenvalue weighted by atomic mass is 16.5. The van der Waals surface area contributed by atoms with Gasteiger partial charge in [-0.2, -0.15) is 0 Å². The van der Waals surface area contributed by atoms with Crippen LogP contribution in [-0.4, -0.2) is 29.5 Å². The maximum absolute atomic E-state index is 12.8.